The van der Waals surface area contributed by atoms with E-state index in [2.05, 4.69) is 31.4 Å². The van der Waals surface area contributed by atoms with E-state index in [-0.39, 0.29) is 17.2 Å². The van der Waals surface area contributed by atoms with E-state index in [9.17, 15) is 9.59 Å². The van der Waals surface area contributed by atoms with Crippen molar-refractivity contribution in [1.82, 2.24) is 0 Å². The molecule has 0 fully saturated rings. The Hall–Kier alpha value is -2.96. The zero-order valence-electron chi connectivity index (χ0n) is 19.6. The van der Waals surface area contributed by atoms with Gasteiger partial charge < -0.3 is 10.6 Å². The normalized spacial score (nSPS) is 15.7. The summed E-state index contributed by atoms with van der Waals surface area (Å²) in [5, 5.41) is 10.8. The fourth-order valence-corrected chi connectivity index (χ4v) is 6.68. The first kappa shape index (κ1) is 22.8. The van der Waals surface area contributed by atoms with E-state index >= 15 is 0 Å². The monoisotopic (exact) mass is 488 g/mol. The molecule has 0 radical (unpaired) electrons. The maximum absolute atomic E-state index is 13.7. The van der Waals surface area contributed by atoms with Crippen LogP contribution in [0.3, 0.4) is 0 Å². The molecule has 2 N–H and O–H groups in total. The van der Waals surface area contributed by atoms with Crippen LogP contribution in [0.15, 0.2) is 60.0 Å². The van der Waals surface area contributed by atoms with Crippen LogP contribution < -0.4 is 10.6 Å². The second-order valence-electron chi connectivity index (χ2n) is 9.93. The van der Waals surface area contributed by atoms with Crippen molar-refractivity contribution in [3.8, 4) is 0 Å². The van der Waals surface area contributed by atoms with E-state index in [1.54, 1.807) is 17.4 Å². The highest BCUT2D eigenvalue weighted by molar-refractivity contribution is 7.17. The third-order valence-electron chi connectivity index (χ3n) is 6.73. The minimum Gasteiger partial charge on any atom is -0.321 e. The number of anilines is 2. The van der Waals surface area contributed by atoms with Crippen molar-refractivity contribution >= 4 is 55.9 Å². The molecule has 174 valence electrons. The number of rotatable bonds is 4. The zero-order chi connectivity index (χ0) is 23.9. The minimum atomic E-state index is -0.167. The lowest BCUT2D eigenvalue weighted by Crippen LogP contribution is -2.27. The summed E-state index contributed by atoms with van der Waals surface area (Å²) in [5.74, 6) is 0.221. The zero-order valence-corrected chi connectivity index (χ0v) is 21.2. The summed E-state index contributed by atoms with van der Waals surface area (Å²) >= 11 is 2.96. The summed E-state index contributed by atoms with van der Waals surface area (Å²) in [7, 11) is 0. The molecular formula is C28H28N2O2S2. The maximum atomic E-state index is 13.7. The third kappa shape index (κ3) is 4.40. The van der Waals surface area contributed by atoms with E-state index in [1.807, 2.05) is 53.9 Å². The highest BCUT2D eigenvalue weighted by atomic mass is 32.1. The standard InChI is InChI=1S/C28H28N2O2S2/c1-28(2,3)18-13-14-20-23(16-18)34-27(30-25(31)22-12-7-15-33-22)24(20)26(32)29-21-11-6-9-17-8-4-5-10-19(17)21/h4-12,15,18H,13-14,16H2,1-3H3,(H,29,32)(H,30,31)/t18-/m1/s1. The summed E-state index contributed by atoms with van der Waals surface area (Å²) in [6, 6.07) is 17.6. The van der Waals surface area contributed by atoms with E-state index in [1.165, 1.54) is 16.2 Å². The van der Waals surface area contributed by atoms with Gasteiger partial charge in [0, 0.05) is 16.0 Å². The van der Waals surface area contributed by atoms with E-state index in [0.717, 1.165) is 41.3 Å². The Balaban J connectivity index is 1.52. The van der Waals surface area contributed by atoms with Crippen molar-refractivity contribution in [3.63, 3.8) is 0 Å². The lowest BCUT2D eigenvalue weighted by atomic mass is 9.72. The highest BCUT2D eigenvalue weighted by Gasteiger charge is 2.34. The molecule has 0 spiro atoms. The number of benzene rings is 2. The predicted octanol–water partition coefficient (Wildman–Crippen LogP) is 7.62. The number of thiophene rings is 2. The number of carbonyl (C=O) groups is 2. The molecule has 0 unspecified atom stereocenters. The van der Waals surface area contributed by atoms with Crippen molar-refractivity contribution < 1.29 is 9.59 Å². The van der Waals surface area contributed by atoms with Gasteiger partial charge in [-0.2, -0.15) is 0 Å². The van der Waals surface area contributed by atoms with Gasteiger partial charge in [-0.1, -0.05) is 63.2 Å². The Morgan fingerprint density at radius 3 is 2.50 bits per heavy atom. The van der Waals surface area contributed by atoms with Crippen molar-refractivity contribution in [2.24, 2.45) is 11.3 Å². The molecule has 4 aromatic rings. The van der Waals surface area contributed by atoms with Gasteiger partial charge >= 0.3 is 0 Å². The van der Waals surface area contributed by atoms with Gasteiger partial charge in [-0.3, -0.25) is 9.59 Å². The van der Waals surface area contributed by atoms with Crippen LogP contribution >= 0.6 is 22.7 Å². The summed E-state index contributed by atoms with van der Waals surface area (Å²) < 4.78 is 0. The molecule has 4 nitrogen and oxygen atoms in total. The Kier molecular flexibility index (Phi) is 6.04. The average Bonchev–Trinajstić information content (AvgIpc) is 3.46. The van der Waals surface area contributed by atoms with Crippen molar-refractivity contribution in [3.05, 3.63) is 80.9 Å². The van der Waals surface area contributed by atoms with E-state index < -0.39 is 0 Å². The molecule has 0 bridgehead atoms. The number of nitrogens with one attached hydrogen (secondary N) is 2. The van der Waals surface area contributed by atoms with Gasteiger partial charge in [-0.25, -0.2) is 0 Å². The van der Waals surface area contributed by atoms with Gasteiger partial charge in [0.2, 0.25) is 0 Å². The molecule has 0 saturated carbocycles. The molecular weight excluding hydrogens is 460 g/mol. The highest BCUT2D eigenvalue weighted by Crippen LogP contribution is 2.44. The molecule has 0 aliphatic heterocycles. The molecule has 2 aromatic carbocycles. The first-order chi connectivity index (χ1) is 16.3. The summed E-state index contributed by atoms with van der Waals surface area (Å²) in [6.45, 7) is 6.84. The summed E-state index contributed by atoms with van der Waals surface area (Å²) in [4.78, 5) is 28.5. The van der Waals surface area contributed by atoms with Crippen LogP contribution in [0.5, 0.6) is 0 Å². The molecule has 1 aliphatic carbocycles. The number of hydrogen-bond donors (Lipinski definition) is 2. The SMILES string of the molecule is CC(C)(C)[C@@H]1CCc2c(sc(NC(=O)c3cccs3)c2C(=O)Nc2cccc3ccccc23)C1. The number of carbonyl (C=O) groups excluding carboxylic acids is 2. The Labute approximate surface area is 208 Å². The van der Waals surface area contributed by atoms with Gasteiger partial charge in [0.25, 0.3) is 11.8 Å². The minimum absolute atomic E-state index is 0.162. The van der Waals surface area contributed by atoms with E-state index in [4.69, 9.17) is 0 Å². The molecule has 34 heavy (non-hydrogen) atoms. The molecule has 5 rings (SSSR count). The molecule has 2 heterocycles. The van der Waals surface area contributed by atoms with Gasteiger partial charge in [0.1, 0.15) is 5.00 Å². The van der Waals surface area contributed by atoms with Crippen LogP contribution in [0.1, 0.15) is 57.7 Å². The smallest absolute Gasteiger partial charge is 0.266 e. The van der Waals surface area contributed by atoms with Gasteiger partial charge in [-0.15, -0.1) is 22.7 Å². The number of amides is 2. The van der Waals surface area contributed by atoms with Crippen molar-refractivity contribution in [2.75, 3.05) is 10.6 Å². The van der Waals surface area contributed by atoms with Crippen molar-refractivity contribution in [2.45, 2.75) is 40.0 Å². The molecule has 1 atom stereocenters. The Morgan fingerprint density at radius 2 is 1.74 bits per heavy atom. The maximum Gasteiger partial charge on any atom is 0.266 e. The second-order valence-corrected chi connectivity index (χ2v) is 12.0. The molecule has 6 heteroatoms. The summed E-state index contributed by atoms with van der Waals surface area (Å²) in [6.07, 6.45) is 2.83. The van der Waals surface area contributed by atoms with Crippen LogP contribution in [0.25, 0.3) is 10.8 Å². The quantitative estimate of drug-likeness (QED) is 0.310. The second kappa shape index (κ2) is 9.01. The first-order valence-corrected chi connectivity index (χ1v) is 13.3. The fourth-order valence-electron chi connectivity index (χ4n) is 4.75. The van der Waals surface area contributed by atoms with Crippen LogP contribution in [-0.2, 0) is 12.8 Å². The van der Waals surface area contributed by atoms with Crippen LogP contribution in [-0.4, -0.2) is 11.8 Å². The summed E-state index contributed by atoms with van der Waals surface area (Å²) in [5.41, 5.74) is 2.69. The molecule has 1 aliphatic rings. The van der Waals surface area contributed by atoms with E-state index in [0.29, 0.717) is 21.4 Å². The van der Waals surface area contributed by atoms with Crippen LogP contribution in [0, 0.1) is 11.3 Å². The van der Waals surface area contributed by atoms with Crippen LogP contribution in [0.4, 0.5) is 10.7 Å². The van der Waals surface area contributed by atoms with Gasteiger partial charge in [0.05, 0.1) is 10.4 Å². The Morgan fingerprint density at radius 1 is 0.941 bits per heavy atom. The lowest BCUT2D eigenvalue weighted by molar-refractivity contribution is 0.102. The Bertz CT molecular complexity index is 1360. The topological polar surface area (TPSA) is 58.2 Å². The number of fused-ring (bicyclic) bond motifs is 2. The lowest BCUT2D eigenvalue weighted by Gasteiger charge is -2.33. The first-order valence-electron chi connectivity index (χ1n) is 11.6. The fraction of sp³-hybridized carbons (Fsp3) is 0.286. The number of hydrogen-bond acceptors (Lipinski definition) is 4. The molecule has 2 aromatic heterocycles. The van der Waals surface area contributed by atoms with Crippen LogP contribution in [0.2, 0.25) is 0 Å². The average molecular weight is 489 g/mol. The third-order valence-corrected chi connectivity index (χ3v) is 8.77. The predicted molar refractivity (Wildman–Crippen MR) is 143 cm³/mol. The van der Waals surface area contributed by atoms with Gasteiger partial charge in [0.15, 0.2) is 0 Å². The van der Waals surface area contributed by atoms with Gasteiger partial charge in [-0.05, 0) is 59.1 Å². The van der Waals surface area contributed by atoms with Crippen molar-refractivity contribution in [1.29, 1.82) is 0 Å². The largest absolute Gasteiger partial charge is 0.321 e. The molecule has 0 saturated heterocycles. The molecule has 2 amide bonds.